The van der Waals surface area contributed by atoms with Crippen LogP contribution in [0, 0.1) is 5.92 Å². The number of benzene rings is 2. The SMILES string of the molecule is Cn1c(=O)n(C2CCC(=O)NC2=O)c2cccc([C@@H]3CCN(CC4CCC(n5cc6cc(NC(=O)c7nccc(C(F)(F)F)n7)ccc6n5)CC4)C[C@H]3F)c21. The molecule has 3 fully saturated rings. The van der Waals surface area contributed by atoms with Crippen LogP contribution >= 0.6 is 0 Å². The number of nitrogens with one attached hydrogen (secondary N) is 2. The number of nitrogens with zero attached hydrogens (tertiary/aromatic N) is 7. The van der Waals surface area contributed by atoms with E-state index in [-0.39, 0.29) is 37.0 Å². The van der Waals surface area contributed by atoms with Crippen molar-refractivity contribution in [2.24, 2.45) is 13.0 Å². The standard InChI is InChI=1S/C38H39F4N9O4/c1-48-33-26(3-2-4-29(33)51(37(48)55)30-11-12-32(52)46-35(30)53)25-14-16-49(20-27(25)39)18-21-5-8-24(9-6-21)50-19-22-17-23(7-10-28(22)47-50)44-36(54)34-43-15-13-31(45-34)38(40,41)42/h2-4,7,10,13,15,17,19,21,24-25,27,30H,5-6,8-9,11-12,14,16,18,20H2,1H3,(H,44,54)(H,46,52,53)/t21?,24?,25-,27+,30?/m0/s1. The Labute approximate surface area is 311 Å². The van der Waals surface area contributed by atoms with Crippen LogP contribution in [0.2, 0.25) is 0 Å². The molecule has 55 heavy (non-hydrogen) atoms. The predicted molar refractivity (Wildman–Crippen MR) is 193 cm³/mol. The van der Waals surface area contributed by atoms with E-state index < -0.39 is 47.6 Å². The van der Waals surface area contributed by atoms with E-state index in [1.54, 1.807) is 37.4 Å². The molecule has 1 saturated carbocycles. The van der Waals surface area contributed by atoms with Gasteiger partial charge in [0.05, 0.1) is 22.6 Å². The molecule has 0 spiro atoms. The number of imidazole rings is 1. The zero-order chi connectivity index (χ0) is 38.6. The predicted octanol–water partition coefficient (Wildman–Crippen LogP) is 5.29. The average molecular weight is 762 g/mol. The number of alkyl halides is 4. The van der Waals surface area contributed by atoms with Crippen molar-refractivity contribution in [1.29, 1.82) is 0 Å². The number of aryl methyl sites for hydroxylation is 1. The number of anilines is 1. The van der Waals surface area contributed by atoms with Gasteiger partial charge >= 0.3 is 11.9 Å². The van der Waals surface area contributed by atoms with Gasteiger partial charge in [-0.15, -0.1) is 0 Å². The summed E-state index contributed by atoms with van der Waals surface area (Å²) in [7, 11) is 1.64. The maximum absolute atomic E-state index is 16.1. The fourth-order valence-electron chi connectivity index (χ4n) is 8.56. The van der Waals surface area contributed by atoms with Gasteiger partial charge in [-0.05, 0) is 86.9 Å². The smallest absolute Gasteiger partial charge is 0.319 e. The van der Waals surface area contributed by atoms with E-state index in [0.29, 0.717) is 41.7 Å². The van der Waals surface area contributed by atoms with Crippen molar-refractivity contribution >= 4 is 45.3 Å². The number of carbonyl (C=O) groups excluding carboxylic acids is 3. The Morgan fingerprint density at radius 2 is 1.82 bits per heavy atom. The van der Waals surface area contributed by atoms with Crippen LogP contribution < -0.4 is 16.3 Å². The van der Waals surface area contributed by atoms with Gasteiger partial charge in [0.25, 0.3) is 5.91 Å². The third kappa shape index (κ3) is 7.12. The Hall–Kier alpha value is -5.45. The number of hydrogen-bond acceptors (Lipinski definition) is 8. The highest BCUT2D eigenvalue weighted by molar-refractivity contribution is 6.02. The Morgan fingerprint density at radius 3 is 2.56 bits per heavy atom. The Balaban J connectivity index is 0.872. The van der Waals surface area contributed by atoms with Crippen molar-refractivity contribution in [3.63, 3.8) is 0 Å². The van der Waals surface area contributed by atoms with E-state index >= 15 is 4.39 Å². The number of halogens is 4. The van der Waals surface area contributed by atoms with Crippen LogP contribution in [-0.4, -0.2) is 77.3 Å². The summed E-state index contributed by atoms with van der Waals surface area (Å²) < 4.78 is 60.1. The van der Waals surface area contributed by atoms with E-state index in [0.717, 1.165) is 54.9 Å². The summed E-state index contributed by atoms with van der Waals surface area (Å²) in [5.41, 5.74) is 1.46. The molecule has 2 N–H and O–H groups in total. The van der Waals surface area contributed by atoms with Crippen LogP contribution in [0.3, 0.4) is 0 Å². The van der Waals surface area contributed by atoms with Crippen LogP contribution in [0.15, 0.2) is 59.7 Å². The van der Waals surface area contributed by atoms with Gasteiger partial charge < -0.3 is 10.2 Å². The summed E-state index contributed by atoms with van der Waals surface area (Å²) in [6, 6.07) is 10.6. The summed E-state index contributed by atoms with van der Waals surface area (Å²) in [5.74, 6) is -2.31. The molecule has 3 atom stereocenters. The van der Waals surface area contributed by atoms with Crippen LogP contribution in [-0.2, 0) is 22.8 Å². The highest BCUT2D eigenvalue weighted by Crippen LogP contribution is 2.38. The molecule has 2 aromatic carbocycles. The highest BCUT2D eigenvalue weighted by atomic mass is 19.4. The van der Waals surface area contributed by atoms with Crippen LogP contribution in [0.1, 0.15) is 84.8 Å². The molecule has 8 rings (SSSR count). The Kier molecular flexibility index (Phi) is 9.51. The summed E-state index contributed by atoms with van der Waals surface area (Å²) >= 11 is 0. The molecule has 3 aromatic heterocycles. The first-order chi connectivity index (χ1) is 26.3. The van der Waals surface area contributed by atoms with Gasteiger partial charge in [0.1, 0.15) is 17.9 Å². The van der Waals surface area contributed by atoms with E-state index in [2.05, 4.69) is 25.5 Å². The summed E-state index contributed by atoms with van der Waals surface area (Å²) in [4.78, 5) is 59.7. The quantitative estimate of drug-likeness (QED) is 0.168. The summed E-state index contributed by atoms with van der Waals surface area (Å²) in [5, 5.41) is 10.4. The lowest BCUT2D eigenvalue weighted by Gasteiger charge is -2.38. The van der Waals surface area contributed by atoms with E-state index in [1.807, 2.05) is 16.9 Å². The number of fused-ring (bicyclic) bond motifs is 2. The number of amides is 3. The molecule has 1 unspecified atom stereocenters. The van der Waals surface area contributed by atoms with E-state index in [1.165, 1.54) is 9.13 Å². The highest BCUT2D eigenvalue weighted by Gasteiger charge is 2.37. The fraction of sp³-hybridized carbons (Fsp3) is 0.447. The maximum atomic E-state index is 16.1. The lowest BCUT2D eigenvalue weighted by atomic mass is 9.83. The molecular weight excluding hydrogens is 722 g/mol. The minimum absolute atomic E-state index is 0.144. The first-order valence-electron chi connectivity index (χ1n) is 18.4. The first kappa shape index (κ1) is 36.5. The van der Waals surface area contributed by atoms with E-state index in [9.17, 15) is 32.3 Å². The largest absolute Gasteiger partial charge is 0.433 e. The molecule has 5 heterocycles. The molecular formula is C38H39F4N9O4. The molecule has 288 valence electrons. The normalized spacial score (nSPS) is 24.0. The number of para-hydroxylation sites is 1. The minimum atomic E-state index is -4.70. The van der Waals surface area contributed by atoms with Gasteiger partial charge in [-0.1, -0.05) is 12.1 Å². The number of aromatic nitrogens is 6. The number of hydrogen-bond donors (Lipinski definition) is 2. The van der Waals surface area contributed by atoms with Crippen molar-refractivity contribution in [2.75, 3.05) is 25.0 Å². The second kappa shape index (κ2) is 14.3. The maximum Gasteiger partial charge on any atom is 0.433 e. The Bertz CT molecular complexity index is 2360. The first-order valence-corrected chi connectivity index (χ1v) is 18.4. The summed E-state index contributed by atoms with van der Waals surface area (Å²) in [6.07, 6.45) is 1.61. The molecule has 0 radical (unpaired) electrons. The van der Waals surface area contributed by atoms with Crippen molar-refractivity contribution < 1.29 is 31.9 Å². The topological polar surface area (TPSA) is 149 Å². The zero-order valence-corrected chi connectivity index (χ0v) is 29.9. The number of likely N-dealkylation sites (tertiary alicyclic amines) is 1. The molecule has 17 heteroatoms. The molecule has 5 aromatic rings. The van der Waals surface area contributed by atoms with Crippen molar-refractivity contribution in [3.8, 4) is 0 Å². The lowest BCUT2D eigenvalue weighted by Crippen LogP contribution is -2.44. The number of rotatable bonds is 7. The van der Waals surface area contributed by atoms with Gasteiger partial charge in [-0.25, -0.2) is 19.2 Å². The molecule has 2 saturated heterocycles. The summed E-state index contributed by atoms with van der Waals surface area (Å²) in [6.45, 7) is 1.78. The Morgan fingerprint density at radius 1 is 1.02 bits per heavy atom. The van der Waals surface area contributed by atoms with Crippen molar-refractivity contribution in [1.82, 2.24) is 39.1 Å². The van der Waals surface area contributed by atoms with Crippen LogP contribution in [0.25, 0.3) is 21.9 Å². The second-order valence-electron chi connectivity index (χ2n) is 14.8. The molecule has 3 amide bonds. The molecule has 3 aliphatic rings. The van der Waals surface area contributed by atoms with Crippen molar-refractivity contribution in [2.45, 2.75) is 75.3 Å². The number of piperidine rings is 2. The molecule has 13 nitrogen and oxygen atoms in total. The minimum Gasteiger partial charge on any atom is -0.319 e. The van der Waals surface area contributed by atoms with Crippen LogP contribution in [0.5, 0.6) is 0 Å². The fourth-order valence-corrected chi connectivity index (χ4v) is 8.56. The van der Waals surface area contributed by atoms with E-state index in [4.69, 9.17) is 5.10 Å². The number of imide groups is 1. The van der Waals surface area contributed by atoms with Crippen molar-refractivity contribution in [3.05, 3.63) is 82.4 Å². The van der Waals surface area contributed by atoms with Gasteiger partial charge in [0, 0.05) is 55.9 Å². The number of carbonyl (C=O) groups is 3. The molecule has 0 bridgehead atoms. The third-order valence-corrected chi connectivity index (χ3v) is 11.3. The molecule has 1 aliphatic carbocycles. The van der Waals surface area contributed by atoms with Gasteiger partial charge in [-0.2, -0.15) is 18.3 Å². The van der Waals surface area contributed by atoms with Crippen LogP contribution in [0.4, 0.5) is 23.2 Å². The third-order valence-electron chi connectivity index (χ3n) is 11.3. The monoisotopic (exact) mass is 761 g/mol. The zero-order valence-electron chi connectivity index (χ0n) is 29.9. The van der Waals surface area contributed by atoms with Gasteiger partial charge in [0.15, 0.2) is 0 Å². The average Bonchev–Trinajstić information content (AvgIpc) is 3.69. The van der Waals surface area contributed by atoms with Gasteiger partial charge in [0.2, 0.25) is 17.6 Å². The van der Waals surface area contributed by atoms with Gasteiger partial charge in [-0.3, -0.25) is 33.5 Å². The molecule has 2 aliphatic heterocycles. The second-order valence-corrected chi connectivity index (χ2v) is 14.8. The lowest BCUT2D eigenvalue weighted by molar-refractivity contribution is -0.141.